The van der Waals surface area contributed by atoms with Gasteiger partial charge in [-0.15, -0.1) is 0 Å². The molecule has 0 aliphatic heterocycles. The van der Waals surface area contributed by atoms with Crippen molar-refractivity contribution in [1.82, 2.24) is 15.3 Å². The van der Waals surface area contributed by atoms with Crippen LogP contribution in [0, 0.1) is 6.92 Å². The van der Waals surface area contributed by atoms with Crippen LogP contribution in [0.1, 0.15) is 11.3 Å². The van der Waals surface area contributed by atoms with Crippen molar-refractivity contribution in [3.63, 3.8) is 0 Å². The molecule has 0 saturated carbocycles. The van der Waals surface area contributed by atoms with Crippen LogP contribution in [0.3, 0.4) is 0 Å². The third kappa shape index (κ3) is 4.07. The Kier molecular flexibility index (Phi) is 4.55. The minimum atomic E-state index is -1.11. The monoisotopic (exact) mass is 288 g/mol. The lowest BCUT2D eigenvalue weighted by Crippen LogP contribution is -2.44. The molecule has 0 bridgehead atoms. The number of carbonyl (C=O) groups excluding carboxylic acids is 1. The Morgan fingerprint density at radius 2 is 2.14 bits per heavy atom. The summed E-state index contributed by atoms with van der Waals surface area (Å²) in [4.78, 5) is 29.7. The highest BCUT2D eigenvalue weighted by molar-refractivity contribution is 5.92. The van der Waals surface area contributed by atoms with Crippen molar-refractivity contribution in [3.8, 4) is 0 Å². The van der Waals surface area contributed by atoms with Crippen molar-refractivity contribution in [3.05, 3.63) is 48.0 Å². The molecule has 0 radical (unpaired) electrons. The second kappa shape index (κ2) is 6.56. The number of carboxylic acid groups (broad SMARTS) is 1. The minimum Gasteiger partial charge on any atom is -0.480 e. The summed E-state index contributed by atoms with van der Waals surface area (Å²) in [5.74, 6) is -1.11. The highest BCUT2D eigenvalue weighted by Gasteiger charge is 2.21. The van der Waals surface area contributed by atoms with Crippen LogP contribution in [0.25, 0.3) is 0 Å². The minimum absolute atomic E-state index is 0.135. The number of rotatable bonds is 5. The van der Waals surface area contributed by atoms with Crippen molar-refractivity contribution in [2.24, 2.45) is 0 Å². The first kappa shape index (κ1) is 14.6. The Morgan fingerprint density at radius 3 is 2.76 bits per heavy atom. The topological polar surface area (TPSA) is 107 Å². The molecule has 21 heavy (non-hydrogen) atoms. The van der Waals surface area contributed by atoms with Gasteiger partial charge >= 0.3 is 12.0 Å². The van der Waals surface area contributed by atoms with Crippen molar-refractivity contribution in [1.29, 1.82) is 0 Å². The maximum Gasteiger partial charge on any atom is 0.326 e. The summed E-state index contributed by atoms with van der Waals surface area (Å²) < 4.78 is 0. The van der Waals surface area contributed by atoms with Gasteiger partial charge in [0.1, 0.15) is 6.04 Å². The molecule has 4 N–H and O–H groups in total. The summed E-state index contributed by atoms with van der Waals surface area (Å²) in [7, 11) is 0. The van der Waals surface area contributed by atoms with E-state index in [-0.39, 0.29) is 6.42 Å². The molecule has 0 spiro atoms. The van der Waals surface area contributed by atoms with Gasteiger partial charge in [-0.05, 0) is 18.6 Å². The van der Waals surface area contributed by atoms with Crippen molar-refractivity contribution < 1.29 is 14.7 Å². The molecule has 7 nitrogen and oxygen atoms in total. The van der Waals surface area contributed by atoms with Crippen LogP contribution in [0.5, 0.6) is 0 Å². The number of hydrogen-bond donors (Lipinski definition) is 4. The molecule has 110 valence electrons. The molecular formula is C14H16N4O3. The van der Waals surface area contributed by atoms with Crippen LogP contribution < -0.4 is 10.6 Å². The number of carboxylic acids is 1. The smallest absolute Gasteiger partial charge is 0.326 e. The molecule has 0 aliphatic carbocycles. The lowest BCUT2D eigenvalue weighted by Gasteiger charge is -2.15. The second-order valence-corrected chi connectivity index (χ2v) is 4.59. The van der Waals surface area contributed by atoms with Gasteiger partial charge in [-0.2, -0.15) is 0 Å². The van der Waals surface area contributed by atoms with Gasteiger partial charge in [0.25, 0.3) is 0 Å². The number of aryl methyl sites for hydroxylation is 1. The number of imidazole rings is 1. The molecule has 0 unspecified atom stereocenters. The van der Waals surface area contributed by atoms with Crippen LogP contribution in [0.2, 0.25) is 0 Å². The maximum atomic E-state index is 11.9. The number of amides is 2. The van der Waals surface area contributed by atoms with E-state index in [0.29, 0.717) is 11.4 Å². The highest BCUT2D eigenvalue weighted by atomic mass is 16.4. The SMILES string of the molecule is Cc1ccccc1NC(=O)N[C@H](Cc1cnc[nH]1)C(=O)O. The number of urea groups is 1. The zero-order valence-corrected chi connectivity index (χ0v) is 11.5. The van der Waals surface area contributed by atoms with E-state index in [9.17, 15) is 9.59 Å². The molecule has 2 rings (SSSR count). The summed E-state index contributed by atoms with van der Waals surface area (Å²) in [5.41, 5.74) is 2.17. The fourth-order valence-electron chi connectivity index (χ4n) is 1.85. The molecule has 7 heteroatoms. The van der Waals surface area contributed by atoms with Gasteiger partial charge in [0.2, 0.25) is 0 Å². The Hall–Kier alpha value is -2.83. The first-order valence-corrected chi connectivity index (χ1v) is 6.39. The molecule has 1 atom stereocenters. The van der Waals surface area contributed by atoms with Gasteiger partial charge in [-0.3, -0.25) is 0 Å². The summed E-state index contributed by atoms with van der Waals surface area (Å²) in [5, 5.41) is 14.2. The zero-order chi connectivity index (χ0) is 15.2. The molecule has 1 aromatic carbocycles. The van der Waals surface area contributed by atoms with Gasteiger partial charge in [0.15, 0.2) is 0 Å². The van der Waals surface area contributed by atoms with E-state index in [0.717, 1.165) is 5.56 Å². The van der Waals surface area contributed by atoms with E-state index in [1.807, 2.05) is 19.1 Å². The summed E-state index contributed by atoms with van der Waals surface area (Å²) in [6.07, 6.45) is 3.12. The number of nitrogens with one attached hydrogen (secondary N) is 3. The molecule has 2 aromatic rings. The van der Waals surface area contributed by atoms with Crippen molar-refractivity contribution in [2.75, 3.05) is 5.32 Å². The fourth-order valence-corrected chi connectivity index (χ4v) is 1.85. The Labute approximate surface area is 121 Å². The van der Waals surface area contributed by atoms with E-state index >= 15 is 0 Å². The van der Waals surface area contributed by atoms with Crippen molar-refractivity contribution >= 4 is 17.7 Å². The van der Waals surface area contributed by atoms with Gasteiger partial charge < -0.3 is 20.7 Å². The van der Waals surface area contributed by atoms with E-state index in [2.05, 4.69) is 20.6 Å². The number of benzene rings is 1. The normalized spacial score (nSPS) is 11.7. The number of aromatic amines is 1. The number of carbonyl (C=O) groups is 2. The highest BCUT2D eigenvalue weighted by Crippen LogP contribution is 2.12. The number of para-hydroxylation sites is 1. The van der Waals surface area contributed by atoms with Gasteiger partial charge in [0.05, 0.1) is 6.33 Å². The van der Waals surface area contributed by atoms with Crippen LogP contribution in [0.4, 0.5) is 10.5 Å². The predicted octanol–water partition coefficient (Wildman–Crippen LogP) is 1.54. The van der Waals surface area contributed by atoms with Gasteiger partial charge in [-0.25, -0.2) is 14.6 Å². The maximum absolute atomic E-state index is 11.9. The average Bonchev–Trinajstić information content (AvgIpc) is 2.93. The third-order valence-electron chi connectivity index (χ3n) is 2.98. The van der Waals surface area contributed by atoms with Crippen LogP contribution in [-0.2, 0) is 11.2 Å². The number of nitrogens with zero attached hydrogens (tertiary/aromatic N) is 1. The van der Waals surface area contributed by atoms with E-state index in [4.69, 9.17) is 5.11 Å². The zero-order valence-electron chi connectivity index (χ0n) is 11.5. The largest absolute Gasteiger partial charge is 0.480 e. The molecule has 2 amide bonds. The van der Waals surface area contributed by atoms with E-state index in [1.165, 1.54) is 12.5 Å². The third-order valence-corrected chi connectivity index (χ3v) is 2.98. The van der Waals surface area contributed by atoms with E-state index in [1.54, 1.807) is 12.1 Å². The molecular weight excluding hydrogens is 272 g/mol. The van der Waals surface area contributed by atoms with Crippen LogP contribution in [-0.4, -0.2) is 33.1 Å². The predicted molar refractivity (Wildman–Crippen MR) is 77.0 cm³/mol. The lowest BCUT2D eigenvalue weighted by atomic mass is 10.1. The average molecular weight is 288 g/mol. The second-order valence-electron chi connectivity index (χ2n) is 4.59. The van der Waals surface area contributed by atoms with Gasteiger partial charge in [0, 0.05) is 24.0 Å². The molecule has 1 heterocycles. The molecule has 0 fully saturated rings. The first-order valence-electron chi connectivity index (χ1n) is 6.39. The Bertz CT molecular complexity index is 625. The number of H-pyrrole nitrogens is 1. The summed E-state index contributed by atoms with van der Waals surface area (Å²) in [6.45, 7) is 1.86. The van der Waals surface area contributed by atoms with Crippen LogP contribution in [0.15, 0.2) is 36.8 Å². The summed E-state index contributed by atoms with van der Waals surface area (Å²) in [6, 6.07) is 5.67. The quantitative estimate of drug-likeness (QED) is 0.669. The molecule has 0 saturated heterocycles. The first-order chi connectivity index (χ1) is 10.1. The molecule has 1 aromatic heterocycles. The van der Waals surface area contributed by atoms with Crippen LogP contribution >= 0.6 is 0 Å². The molecule has 0 aliphatic rings. The van der Waals surface area contributed by atoms with Crippen molar-refractivity contribution in [2.45, 2.75) is 19.4 Å². The number of anilines is 1. The van der Waals surface area contributed by atoms with E-state index < -0.39 is 18.0 Å². The number of aromatic nitrogens is 2. The Morgan fingerprint density at radius 1 is 1.38 bits per heavy atom. The van der Waals surface area contributed by atoms with Gasteiger partial charge in [-0.1, -0.05) is 18.2 Å². The fraction of sp³-hybridized carbons (Fsp3) is 0.214. The number of hydrogen-bond acceptors (Lipinski definition) is 3. The summed E-state index contributed by atoms with van der Waals surface area (Å²) >= 11 is 0. The Balaban J connectivity index is 1.98. The standard InChI is InChI=1S/C14H16N4O3/c1-9-4-2-3-5-11(9)17-14(21)18-12(13(19)20)6-10-7-15-8-16-10/h2-5,7-8,12H,6H2,1H3,(H,15,16)(H,19,20)(H2,17,18,21)/t12-/m1/s1. The lowest BCUT2D eigenvalue weighted by molar-refractivity contribution is -0.139. The number of aliphatic carboxylic acids is 1.